The Labute approximate surface area is 199 Å². The summed E-state index contributed by atoms with van der Waals surface area (Å²) in [7, 11) is 1.52. The van der Waals surface area contributed by atoms with Crippen molar-refractivity contribution in [3.8, 4) is 11.5 Å². The summed E-state index contributed by atoms with van der Waals surface area (Å²) in [5.74, 6) is 0.451. The van der Waals surface area contributed by atoms with Gasteiger partial charge in [-0.15, -0.1) is 0 Å². The lowest BCUT2D eigenvalue weighted by molar-refractivity contribution is -0.122. The maximum atomic E-state index is 12.4. The minimum Gasteiger partial charge on any atom is -0.493 e. The van der Waals surface area contributed by atoms with E-state index >= 15 is 0 Å². The largest absolute Gasteiger partial charge is 0.493 e. The molecule has 162 valence electrons. The van der Waals surface area contributed by atoms with E-state index in [9.17, 15) is 9.59 Å². The highest BCUT2D eigenvalue weighted by atomic mass is 79.9. The number of rotatable bonds is 7. The van der Waals surface area contributed by atoms with Gasteiger partial charge >= 0.3 is 0 Å². The van der Waals surface area contributed by atoms with Crippen molar-refractivity contribution < 1.29 is 19.1 Å². The molecule has 2 aromatic rings. The van der Waals surface area contributed by atoms with Crippen molar-refractivity contribution in [3.63, 3.8) is 0 Å². The molecule has 0 unspecified atom stereocenters. The van der Waals surface area contributed by atoms with Gasteiger partial charge < -0.3 is 14.8 Å². The topological polar surface area (TPSA) is 67.9 Å². The molecule has 2 aromatic carbocycles. The van der Waals surface area contributed by atoms with Gasteiger partial charge in [-0.25, -0.2) is 0 Å². The van der Waals surface area contributed by atoms with Crippen LogP contribution in [-0.4, -0.2) is 41.3 Å². The van der Waals surface area contributed by atoms with Crippen LogP contribution in [0, 0.1) is 6.92 Å². The van der Waals surface area contributed by atoms with E-state index in [1.165, 1.54) is 18.9 Å². The quantitative estimate of drug-likeness (QED) is 0.409. The number of nitrogens with zero attached hydrogens (tertiary/aromatic N) is 1. The van der Waals surface area contributed by atoms with Crippen LogP contribution in [0.4, 0.5) is 5.69 Å². The van der Waals surface area contributed by atoms with Crippen LogP contribution in [0.15, 0.2) is 45.8 Å². The Hall–Kier alpha value is -2.36. The van der Waals surface area contributed by atoms with E-state index in [1.807, 2.05) is 38.1 Å². The van der Waals surface area contributed by atoms with Crippen LogP contribution in [0.25, 0.3) is 6.08 Å². The third-order valence-corrected chi connectivity index (χ3v) is 6.47. The molecule has 0 radical (unpaired) electrons. The van der Waals surface area contributed by atoms with Crippen LogP contribution in [0.3, 0.4) is 0 Å². The van der Waals surface area contributed by atoms with Crippen molar-refractivity contribution in [1.29, 1.82) is 0 Å². The van der Waals surface area contributed by atoms with Gasteiger partial charge in [0.1, 0.15) is 4.32 Å². The van der Waals surface area contributed by atoms with E-state index in [4.69, 9.17) is 21.7 Å². The van der Waals surface area contributed by atoms with Crippen LogP contribution >= 0.6 is 39.9 Å². The summed E-state index contributed by atoms with van der Waals surface area (Å²) in [5.41, 5.74) is 2.45. The molecule has 1 N–H and O–H groups in total. The summed E-state index contributed by atoms with van der Waals surface area (Å²) >= 11 is 10.00. The van der Waals surface area contributed by atoms with Gasteiger partial charge in [-0.1, -0.05) is 42.2 Å². The first kappa shape index (κ1) is 23.3. The number of thiocarbonyl (C=S) groups is 1. The molecule has 1 heterocycles. The Bertz CT molecular complexity index is 1070. The fourth-order valence-electron chi connectivity index (χ4n) is 2.92. The molecule has 0 atom stereocenters. The molecule has 1 aliphatic heterocycles. The van der Waals surface area contributed by atoms with Crippen molar-refractivity contribution in [3.05, 3.63) is 56.9 Å². The number of anilines is 1. The van der Waals surface area contributed by atoms with E-state index in [2.05, 4.69) is 21.2 Å². The highest BCUT2D eigenvalue weighted by Crippen LogP contribution is 2.39. The fraction of sp³-hybridized carbons (Fsp3) is 0.227. The maximum Gasteiger partial charge on any atom is 0.266 e. The second kappa shape index (κ2) is 10.3. The third-order valence-electron chi connectivity index (χ3n) is 4.51. The maximum absolute atomic E-state index is 12.4. The Balaban J connectivity index is 1.75. The van der Waals surface area contributed by atoms with Crippen LogP contribution < -0.4 is 14.8 Å². The minimum atomic E-state index is -0.282. The number of benzene rings is 2. The number of nitrogens with one attached hydrogen (secondary N) is 1. The predicted octanol–water partition coefficient (Wildman–Crippen LogP) is 5.00. The zero-order chi connectivity index (χ0) is 22.5. The van der Waals surface area contributed by atoms with Gasteiger partial charge in [0.25, 0.3) is 11.8 Å². The highest BCUT2D eigenvalue weighted by molar-refractivity contribution is 9.10. The average Bonchev–Trinajstić information content (AvgIpc) is 3.00. The summed E-state index contributed by atoms with van der Waals surface area (Å²) in [4.78, 5) is 26.9. The van der Waals surface area contributed by atoms with Crippen LogP contribution in [0.5, 0.6) is 11.5 Å². The minimum absolute atomic E-state index is 0.110. The van der Waals surface area contributed by atoms with E-state index < -0.39 is 0 Å². The first-order valence-electron chi connectivity index (χ1n) is 9.45. The normalized spacial score (nSPS) is 14.8. The zero-order valence-electron chi connectivity index (χ0n) is 17.2. The van der Waals surface area contributed by atoms with E-state index in [0.29, 0.717) is 31.7 Å². The highest BCUT2D eigenvalue weighted by Gasteiger charge is 2.30. The Morgan fingerprint density at radius 2 is 2.06 bits per heavy atom. The molecule has 1 aliphatic rings. The van der Waals surface area contributed by atoms with E-state index in [-0.39, 0.29) is 18.4 Å². The summed E-state index contributed by atoms with van der Waals surface area (Å²) in [6, 6.07) is 11.1. The summed E-state index contributed by atoms with van der Waals surface area (Å²) in [6.45, 7) is 4.15. The van der Waals surface area contributed by atoms with Crippen molar-refractivity contribution in [2.75, 3.05) is 25.6 Å². The number of thioether (sulfide) groups is 1. The molecule has 1 fully saturated rings. The lowest BCUT2D eigenvalue weighted by Gasteiger charge is -2.14. The molecule has 1 saturated heterocycles. The number of methoxy groups -OCH3 is 1. The molecule has 3 rings (SSSR count). The van der Waals surface area contributed by atoms with E-state index in [1.54, 1.807) is 23.1 Å². The number of likely N-dealkylation sites (N-methyl/N-ethyl adjacent to an activating group) is 1. The molecule has 31 heavy (non-hydrogen) atoms. The number of carbonyl (C=O) groups is 2. The number of aryl methyl sites for hydroxylation is 1. The van der Waals surface area contributed by atoms with Crippen LogP contribution in [0.1, 0.15) is 18.1 Å². The second-order valence-electron chi connectivity index (χ2n) is 6.61. The van der Waals surface area contributed by atoms with Crippen molar-refractivity contribution in [2.45, 2.75) is 13.8 Å². The third kappa shape index (κ3) is 5.47. The number of carbonyl (C=O) groups excluding carboxylic acids is 2. The van der Waals surface area contributed by atoms with Gasteiger partial charge in [-0.2, -0.15) is 0 Å². The second-order valence-corrected chi connectivity index (χ2v) is 9.14. The predicted molar refractivity (Wildman–Crippen MR) is 132 cm³/mol. The molecule has 6 nitrogen and oxygen atoms in total. The monoisotopic (exact) mass is 520 g/mol. The van der Waals surface area contributed by atoms with Gasteiger partial charge in [0.15, 0.2) is 18.1 Å². The van der Waals surface area contributed by atoms with Gasteiger partial charge in [0, 0.05) is 12.2 Å². The molecule has 2 amide bonds. The molecule has 0 aromatic heterocycles. The SMILES string of the molecule is CCN1C(=O)/C(=C/c2cc(Br)c(OCC(=O)Nc3ccccc3C)c(OC)c2)SC1=S. The lowest BCUT2D eigenvalue weighted by atomic mass is 10.2. The molecule has 0 aliphatic carbocycles. The van der Waals surface area contributed by atoms with E-state index in [0.717, 1.165) is 16.8 Å². The van der Waals surface area contributed by atoms with Gasteiger partial charge in [0.2, 0.25) is 0 Å². The summed E-state index contributed by atoms with van der Waals surface area (Å²) in [5, 5.41) is 2.83. The lowest BCUT2D eigenvalue weighted by Crippen LogP contribution is -2.27. The number of hydrogen-bond donors (Lipinski definition) is 1. The molecular weight excluding hydrogens is 500 g/mol. The first-order valence-corrected chi connectivity index (χ1v) is 11.5. The molecule has 0 spiro atoms. The Morgan fingerprint density at radius 1 is 1.32 bits per heavy atom. The molecule has 9 heteroatoms. The van der Waals surface area contributed by atoms with Crippen molar-refractivity contribution in [2.24, 2.45) is 0 Å². The first-order chi connectivity index (χ1) is 14.8. The van der Waals surface area contributed by atoms with Gasteiger partial charge in [-0.3, -0.25) is 14.5 Å². The van der Waals surface area contributed by atoms with Crippen LogP contribution in [-0.2, 0) is 9.59 Å². The van der Waals surface area contributed by atoms with Crippen molar-refractivity contribution in [1.82, 2.24) is 4.90 Å². The number of para-hydroxylation sites is 1. The van der Waals surface area contributed by atoms with Crippen molar-refractivity contribution >= 4 is 67.8 Å². The average molecular weight is 521 g/mol. The number of ether oxygens (including phenoxy) is 2. The standard InChI is InChI=1S/C22H21BrN2O4S2/c1-4-25-21(27)18(31-22(25)30)11-14-9-15(23)20(17(10-14)28-3)29-12-19(26)24-16-8-6-5-7-13(16)2/h5-11H,4,12H2,1-3H3,(H,24,26)/b18-11-. The Kier molecular flexibility index (Phi) is 7.74. The van der Waals surface area contributed by atoms with Crippen LogP contribution in [0.2, 0.25) is 0 Å². The molecule has 0 bridgehead atoms. The summed E-state index contributed by atoms with van der Waals surface area (Å²) < 4.78 is 12.3. The van der Waals surface area contributed by atoms with Gasteiger partial charge in [0.05, 0.1) is 16.5 Å². The molecule has 0 saturated carbocycles. The number of amides is 2. The fourth-order valence-corrected chi connectivity index (χ4v) is 4.88. The molecular formula is C22H21BrN2O4S2. The number of hydrogen-bond acceptors (Lipinski definition) is 6. The zero-order valence-corrected chi connectivity index (χ0v) is 20.4. The smallest absolute Gasteiger partial charge is 0.266 e. The summed E-state index contributed by atoms with van der Waals surface area (Å²) in [6.07, 6.45) is 1.76. The van der Waals surface area contributed by atoms with Gasteiger partial charge in [-0.05, 0) is 65.2 Å². The number of halogens is 1. The Morgan fingerprint density at radius 3 is 2.71 bits per heavy atom.